The van der Waals surface area contributed by atoms with Crippen LogP contribution in [0.2, 0.25) is 0 Å². The Labute approximate surface area is 77.8 Å². The van der Waals surface area contributed by atoms with E-state index in [1.807, 2.05) is 0 Å². The van der Waals surface area contributed by atoms with Gasteiger partial charge in [0.05, 0.1) is 0 Å². The van der Waals surface area contributed by atoms with E-state index in [4.69, 9.17) is 6.42 Å². The van der Waals surface area contributed by atoms with E-state index in [2.05, 4.69) is 40.5 Å². The molecule has 0 heterocycles. The molecule has 0 aliphatic carbocycles. The van der Waals surface area contributed by atoms with E-state index in [-0.39, 0.29) is 10.8 Å². The van der Waals surface area contributed by atoms with Gasteiger partial charge in [0, 0.05) is 5.41 Å². The summed E-state index contributed by atoms with van der Waals surface area (Å²) >= 11 is 0. The second-order valence-corrected chi connectivity index (χ2v) is 4.83. The first-order valence-corrected chi connectivity index (χ1v) is 4.85. The van der Waals surface area contributed by atoms with E-state index in [1.165, 1.54) is 12.8 Å². The average Bonchev–Trinajstić information content (AvgIpc) is 1.98. The molecular weight excluding hydrogens is 144 g/mol. The van der Waals surface area contributed by atoms with Crippen LogP contribution in [0, 0.1) is 23.2 Å². The van der Waals surface area contributed by atoms with Crippen molar-refractivity contribution in [3.63, 3.8) is 0 Å². The van der Waals surface area contributed by atoms with Gasteiger partial charge in [0.25, 0.3) is 0 Å². The van der Waals surface area contributed by atoms with Gasteiger partial charge in [-0.2, -0.15) is 0 Å². The van der Waals surface area contributed by atoms with Gasteiger partial charge in [0.2, 0.25) is 0 Å². The summed E-state index contributed by atoms with van der Waals surface area (Å²) in [5.74, 6) is 2.95. The SMILES string of the molecule is C#CC(C)(CCCC)C(C)(C)C. The normalized spacial score (nSPS) is 16.7. The van der Waals surface area contributed by atoms with Crippen molar-refractivity contribution in [3.8, 4) is 12.3 Å². The van der Waals surface area contributed by atoms with Crippen molar-refractivity contribution in [1.29, 1.82) is 0 Å². The summed E-state index contributed by atoms with van der Waals surface area (Å²) < 4.78 is 0. The molecule has 0 aromatic heterocycles. The topological polar surface area (TPSA) is 0 Å². The maximum Gasteiger partial charge on any atom is 0.0332 e. The highest BCUT2D eigenvalue weighted by Crippen LogP contribution is 2.41. The lowest BCUT2D eigenvalue weighted by Crippen LogP contribution is -2.31. The number of hydrogen-bond donors (Lipinski definition) is 0. The second kappa shape index (κ2) is 3.99. The van der Waals surface area contributed by atoms with Crippen LogP contribution in [-0.4, -0.2) is 0 Å². The van der Waals surface area contributed by atoms with E-state index in [9.17, 15) is 0 Å². The van der Waals surface area contributed by atoms with Crippen LogP contribution in [0.15, 0.2) is 0 Å². The molecule has 0 aromatic carbocycles. The standard InChI is InChI=1S/C12H22/c1-7-9-10-12(6,8-2)11(3,4)5/h2H,7,9-10H2,1,3-6H3. The van der Waals surface area contributed by atoms with Crippen LogP contribution in [0.5, 0.6) is 0 Å². The molecule has 0 aliphatic heterocycles. The fraction of sp³-hybridized carbons (Fsp3) is 0.833. The highest BCUT2D eigenvalue weighted by molar-refractivity contribution is 5.08. The molecule has 0 saturated heterocycles. The van der Waals surface area contributed by atoms with Crippen LogP contribution in [0.3, 0.4) is 0 Å². The van der Waals surface area contributed by atoms with E-state index in [0.29, 0.717) is 0 Å². The Bertz CT molecular complexity index is 165. The zero-order valence-corrected chi connectivity index (χ0v) is 9.20. The molecule has 12 heavy (non-hydrogen) atoms. The Morgan fingerprint density at radius 2 is 1.67 bits per heavy atom. The highest BCUT2D eigenvalue weighted by Gasteiger charge is 2.34. The van der Waals surface area contributed by atoms with Crippen LogP contribution in [0.1, 0.15) is 53.9 Å². The third-order valence-corrected chi connectivity index (χ3v) is 3.00. The molecule has 1 atom stereocenters. The van der Waals surface area contributed by atoms with Gasteiger partial charge < -0.3 is 0 Å². The van der Waals surface area contributed by atoms with Crippen LogP contribution in [-0.2, 0) is 0 Å². The summed E-state index contributed by atoms with van der Waals surface area (Å²) in [5.41, 5.74) is 0.278. The molecule has 0 N–H and O–H groups in total. The predicted molar refractivity (Wildman–Crippen MR) is 55.9 cm³/mol. The number of hydrogen-bond acceptors (Lipinski definition) is 0. The summed E-state index contributed by atoms with van der Waals surface area (Å²) in [6.45, 7) is 11.1. The number of rotatable bonds is 3. The number of unbranched alkanes of at least 4 members (excludes halogenated alkanes) is 1. The Morgan fingerprint density at radius 1 is 1.17 bits per heavy atom. The van der Waals surface area contributed by atoms with E-state index >= 15 is 0 Å². The molecule has 70 valence electrons. The maximum atomic E-state index is 5.58. The first-order valence-electron chi connectivity index (χ1n) is 4.85. The average molecular weight is 166 g/mol. The quantitative estimate of drug-likeness (QED) is 0.558. The Balaban J connectivity index is 4.38. The predicted octanol–water partition coefficient (Wildman–Crippen LogP) is 3.86. The van der Waals surface area contributed by atoms with Gasteiger partial charge in [-0.05, 0) is 18.8 Å². The lowest BCUT2D eigenvalue weighted by Gasteiger charge is -2.37. The molecule has 0 rings (SSSR count). The van der Waals surface area contributed by atoms with Gasteiger partial charge in [0.15, 0.2) is 0 Å². The molecule has 0 aliphatic rings. The van der Waals surface area contributed by atoms with Crippen molar-refractivity contribution in [2.24, 2.45) is 10.8 Å². The van der Waals surface area contributed by atoms with Crippen LogP contribution < -0.4 is 0 Å². The van der Waals surface area contributed by atoms with Gasteiger partial charge in [0.1, 0.15) is 0 Å². The largest absolute Gasteiger partial charge is 0.120 e. The summed E-state index contributed by atoms with van der Waals surface area (Å²) in [4.78, 5) is 0. The zero-order valence-electron chi connectivity index (χ0n) is 9.20. The lowest BCUT2D eigenvalue weighted by molar-refractivity contribution is 0.163. The molecule has 1 unspecified atom stereocenters. The molecule has 0 nitrogen and oxygen atoms in total. The third kappa shape index (κ3) is 2.55. The smallest absolute Gasteiger partial charge is 0.0332 e. The molecule has 0 spiro atoms. The molecule has 0 amide bonds. The monoisotopic (exact) mass is 166 g/mol. The molecular formula is C12H22. The fourth-order valence-corrected chi connectivity index (χ4v) is 1.19. The summed E-state index contributed by atoms with van der Waals surface area (Å²) in [5, 5.41) is 0. The van der Waals surface area contributed by atoms with E-state index < -0.39 is 0 Å². The Morgan fingerprint density at radius 3 is 1.92 bits per heavy atom. The van der Waals surface area contributed by atoms with Crippen LogP contribution >= 0.6 is 0 Å². The maximum absolute atomic E-state index is 5.58. The molecule has 0 aromatic rings. The van der Waals surface area contributed by atoms with Crippen molar-refractivity contribution >= 4 is 0 Å². The minimum absolute atomic E-state index is 0.0585. The Kier molecular flexibility index (Phi) is 3.84. The summed E-state index contributed by atoms with van der Waals surface area (Å²) in [7, 11) is 0. The zero-order chi connectivity index (χ0) is 9.83. The minimum atomic E-state index is 0.0585. The van der Waals surface area contributed by atoms with Crippen molar-refractivity contribution in [1.82, 2.24) is 0 Å². The summed E-state index contributed by atoms with van der Waals surface area (Å²) in [6.07, 6.45) is 9.19. The lowest BCUT2D eigenvalue weighted by atomic mass is 9.66. The molecule has 0 heteroatoms. The number of terminal acetylenes is 1. The van der Waals surface area contributed by atoms with Gasteiger partial charge in [-0.25, -0.2) is 0 Å². The van der Waals surface area contributed by atoms with Crippen molar-refractivity contribution in [3.05, 3.63) is 0 Å². The Hall–Kier alpha value is -0.440. The van der Waals surface area contributed by atoms with E-state index in [1.54, 1.807) is 0 Å². The highest BCUT2D eigenvalue weighted by atomic mass is 14.4. The summed E-state index contributed by atoms with van der Waals surface area (Å²) in [6, 6.07) is 0. The second-order valence-electron chi connectivity index (χ2n) is 4.83. The fourth-order valence-electron chi connectivity index (χ4n) is 1.19. The van der Waals surface area contributed by atoms with Crippen molar-refractivity contribution in [2.75, 3.05) is 0 Å². The van der Waals surface area contributed by atoms with Gasteiger partial charge in [-0.15, -0.1) is 6.42 Å². The third-order valence-electron chi connectivity index (χ3n) is 3.00. The van der Waals surface area contributed by atoms with E-state index in [0.717, 1.165) is 6.42 Å². The van der Waals surface area contributed by atoms with Gasteiger partial charge in [-0.3, -0.25) is 0 Å². The molecule has 0 saturated carbocycles. The first-order chi connectivity index (χ1) is 5.37. The molecule has 0 radical (unpaired) electrons. The van der Waals surface area contributed by atoms with Crippen molar-refractivity contribution < 1.29 is 0 Å². The van der Waals surface area contributed by atoms with Crippen molar-refractivity contribution in [2.45, 2.75) is 53.9 Å². The van der Waals surface area contributed by atoms with Crippen LogP contribution in [0.25, 0.3) is 0 Å². The molecule has 0 fully saturated rings. The first kappa shape index (κ1) is 11.6. The van der Waals surface area contributed by atoms with Crippen LogP contribution in [0.4, 0.5) is 0 Å². The van der Waals surface area contributed by atoms with Gasteiger partial charge in [-0.1, -0.05) is 46.5 Å². The van der Waals surface area contributed by atoms with Gasteiger partial charge >= 0.3 is 0 Å². The minimum Gasteiger partial charge on any atom is -0.120 e. The molecule has 0 bridgehead atoms.